The highest BCUT2D eigenvalue weighted by Gasteiger charge is 2.10. The Morgan fingerprint density at radius 2 is 1.69 bits per heavy atom. The first-order valence-corrected chi connectivity index (χ1v) is 3.72. The van der Waals surface area contributed by atoms with Crippen molar-refractivity contribution in [2.75, 3.05) is 0 Å². The number of carboxylic acids is 2. The Morgan fingerprint density at radius 3 is 2.00 bits per heavy atom. The zero-order chi connectivity index (χ0) is 10.4. The Bertz CT molecular complexity index is 269. The summed E-state index contributed by atoms with van der Waals surface area (Å²) in [5.41, 5.74) is 0.804. The van der Waals surface area contributed by atoms with Crippen LogP contribution in [0, 0.1) is 0 Å². The second kappa shape index (κ2) is 5.13. The molecule has 0 heterocycles. The van der Waals surface area contributed by atoms with Gasteiger partial charge in [0.05, 0.1) is 6.42 Å². The molecule has 0 rings (SSSR count). The molecule has 0 fully saturated rings. The third-order valence-electron chi connectivity index (χ3n) is 1.23. The zero-order valence-corrected chi connectivity index (χ0v) is 7.57. The molecule has 0 aliphatic rings. The van der Waals surface area contributed by atoms with E-state index in [9.17, 15) is 9.59 Å². The molecule has 0 amide bonds. The Kier molecular flexibility index (Phi) is 4.51. The SMILES string of the molecule is CC(C)=CC=C(CC(=O)O)C(=O)O. The molecule has 0 unspecified atom stereocenters. The van der Waals surface area contributed by atoms with Gasteiger partial charge in [0.15, 0.2) is 0 Å². The predicted molar refractivity (Wildman–Crippen MR) is 47.4 cm³/mol. The standard InChI is InChI=1S/C9H12O4/c1-6(2)3-4-7(9(12)13)5-8(10)11/h3-4H,5H2,1-2H3,(H,10,11)(H,12,13). The van der Waals surface area contributed by atoms with Crippen molar-refractivity contribution < 1.29 is 19.8 Å². The van der Waals surface area contributed by atoms with Crippen LogP contribution in [0.3, 0.4) is 0 Å². The van der Waals surface area contributed by atoms with E-state index in [1.165, 1.54) is 6.08 Å². The third-order valence-corrected chi connectivity index (χ3v) is 1.23. The van der Waals surface area contributed by atoms with Gasteiger partial charge in [-0.3, -0.25) is 4.79 Å². The van der Waals surface area contributed by atoms with Gasteiger partial charge in [-0.1, -0.05) is 17.7 Å². The number of carbonyl (C=O) groups is 2. The topological polar surface area (TPSA) is 74.6 Å². The lowest BCUT2D eigenvalue weighted by atomic mass is 10.1. The van der Waals surface area contributed by atoms with Crippen molar-refractivity contribution in [3.05, 3.63) is 23.3 Å². The van der Waals surface area contributed by atoms with Crippen LogP contribution in [0.5, 0.6) is 0 Å². The maximum atomic E-state index is 10.5. The van der Waals surface area contributed by atoms with Crippen LogP contribution in [-0.2, 0) is 9.59 Å². The maximum absolute atomic E-state index is 10.5. The van der Waals surface area contributed by atoms with Gasteiger partial charge in [0.25, 0.3) is 0 Å². The van der Waals surface area contributed by atoms with Crippen molar-refractivity contribution in [1.29, 1.82) is 0 Å². The van der Waals surface area contributed by atoms with E-state index in [0.29, 0.717) is 0 Å². The number of hydrogen-bond donors (Lipinski definition) is 2. The molecule has 72 valence electrons. The fraction of sp³-hybridized carbons (Fsp3) is 0.333. The Labute approximate surface area is 76.2 Å². The molecule has 0 atom stereocenters. The molecule has 0 aromatic rings. The van der Waals surface area contributed by atoms with E-state index < -0.39 is 18.4 Å². The van der Waals surface area contributed by atoms with Crippen LogP contribution in [0.4, 0.5) is 0 Å². The summed E-state index contributed by atoms with van der Waals surface area (Å²) in [4.78, 5) is 20.7. The summed E-state index contributed by atoms with van der Waals surface area (Å²) in [6, 6.07) is 0. The Morgan fingerprint density at radius 1 is 1.15 bits per heavy atom. The van der Waals surface area contributed by atoms with E-state index in [4.69, 9.17) is 10.2 Å². The van der Waals surface area contributed by atoms with Crippen molar-refractivity contribution >= 4 is 11.9 Å². The first-order chi connectivity index (χ1) is 5.93. The summed E-state index contributed by atoms with van der Waals surface area (Å²) in [5.74, 6) is -2.34. The quantitative estimate of drug-likeness (QED) is 0.512. The molecule has 4 heteroatoms. The highest BCUT2D eigenvalue weighted by atomic mass is 16.4. The molecule has 13 heavy (non-hydrogen) atoms. The van der Waals surface area contributed by atoms with Crippen LogP contribution in [0.2, 0.25) is 0 Å². The summed E-state index contributed by atoms with van der Waals surface area (Å²) in [6.45, 7) is 3.60. The second-order valence-electron chi connectivity index (χ2n) is 2.81. The highest BCUT2D eigenvalue weighted by molar-refractivity contribution is 5.92. The van der Waals surface area contributed by atoms with E-state index >= 15 is 0 Å². The summed E-state index contributed by atoms with van der Waals surface area (Å²) < 4.78 is 0. The minimum Gasteiger partial charge on any atom is -0.481 e. The van der Waals surface area contributed by atoms with Gasteiger partial charge in [-0.15, -0.1) is 0 Å². The van der Waals surface area contributed by atoms with Gasteiger partial charge < -0.3 is 10.2 Å². The van der Waals surface area contributed by atoms with Gasteiger partial charge in [-0.25, -0.2) is 4.79 Å². The van der Waals surface area contributed by atoms with Crippen LogP contribution >= 0.6 is 0 Å². The molecule has 0 spiro atoms. The molecule has 4 nitrogen and oxygen atoms in total. The second-order valence-corrected chi connectivity index (χ2v) is 2.81. The highest BCUT2D eigenvalue weighted by Crippen LogP contribution is 2.03. The molecule has 0 radical (unpaired) electrons. The zero-order valence-electron chi connectivity index (χ0n) is 7.57. The normalized spacial score (nSPS) is 10.8. The van der Waals surface area contributed by atoms with Gasteiger partial charge in [0.1, 0.15) is 0 Å². The Hall–Kier alpha value is -1.58. The summed E-state index contributed by atoms with van der Waals surface area (Å²) in [6.07, 6.45) is 2.43. The van der Waals surface area contributed by atoms with Gasteiger partial charge in [0, 0.05) is 5.57 Å². The molecular weight excluding hydrogens is 172 g/mol. The van der Waals surface area contributed by atoms with Crippen molar-refractivity contribution in [3.8, 4) is 0 Å². The molecule has 0 aliphatic carbocycles. The molecule has 0 aromatic carbocycles. The lowest BCUT2D eigenvalue weighted by molar-refractivity contribution is -0.139. The predicted octanol–water partition coefficient (Wildman–Crippen LogP) is 1.44. The molecule has 0 aromatic heterocycles. The van der Waals surface area contributed by atoms with Crippen molar-refractivity contribution in [2.45, 2.75) is 20.3 Å². The largest absolute Gasteiger partial charge is 0.481 e. The number of rotatable bonds is 4. The van der Waals surface area contributed by atoms with E-state index in [0.717, 1.165) is 5.57 Å². The molecule has 0 saturated carbocycles. The summed E-state index contributed by atoms with van der Waals surface area (Å²) >= 11 is 0. The van der Waals surface area contributed by atoms with Gasteiger partial charge >= 0.3 is 11.9 Å². The van der Waals surface area contributed by atoms with Crippen LogP contribution in [-0.4, -0.2) is 22.2 Å². The average molecular weight is 184 g/mol. The summed E-state index contributed by atoms with van der Waals surface area (Å²) in [5, 5.41) is 16.9. The molecule has 0 bridgehead atoms. The lowest BCUT2D eigenvalue weighted by Gasteiger charge is -1.95. The first kappa shape index (κ1) is 11.4. The smallest absolute Gasteiger partial charge is 0.332 e. The van der Waals surface area contributed by atoms with Gasteiger partial charge in [0.2, 0.25) is 0 Å². The number of allylic oxidation sites excluding steroid dienone is 3. The molecule has 0 saturated heterocycles. The Balaban J connectivity index is 4.61. The van der Waals surface area contributed by atoms with Crippen LogP contribution in [0.1, 0.15) is 20.3 Å². The van der Waals surface area contributed by atoms with Crippen molar-refractivity contribution in [3.63, 3.8) is 0 Å². The van der Waals surface area contributed by atoms with Crippen LogP contribution in [0.15, 0.2) is 23.3 Å². The average Bonchev–Trinajstić information content (AvgIpc) is 1.96. The molecule has 0 aliphatic heterocycles. The van der Waals surface area contributed by atoms with Gasteiger partial charge in [-0.2, -0.15) is 0 Å². The molecular formula is C9H12O4. The fourth-order valence-corrected chi connectivity index (χ4v) is 0.636. The van der Waals surface area contributed by atoms with Crippen LogP contribution in [0.25, 0.3) is 0 Å². The molecule has 2 N–H and O–H groups in total. The number of carboxylic acid groups (broad SMARTS) is 2. The van der Waals surface area contributed by atoms with Crippen molar-refractivity contribution in [2.24, 2.45) is 0 Å². The minimum atomic E-state index is -1.19. The fourth-order valence-electron chi connectivity index (χ4n) is 0.636. The minimum absolute atomic E-state index is 0.117. The van der Waals surface area contributed by atoms with Crippen molar-refractivity contribution in [1.82, 2.24) is 0 Å². The number of aliphatic carboxylic acids is 2. The number of hydrogen-bond acceptors (Lipinski definition) is 2. The summed E-state index contributed by atoms with van der Waals surface area (Å²) in [7, 11) is 0. The monoisotopic (exact) mass is 184 g/mol. The third kappa shape index (κ3) is 5.66. The van der Waals surface area contributed by atoms with Gasteiger partial charge in [-0.05, 0) is 13.8 Å². The van der Waals surface area contributed by atoms with Crippen LogP contribution < -0.4 is 0 Å². The van der Waals surface area contributed by atoms with E-state index in [1.54, 1.807) is 19.9 Å². The van der Waals surface area contributed by atoms with E-state index in [-0.39, 0.29) is 5.57 Å². The van der Waals surface area contributed by atoms with E-state index in [2.05, 4.69) is 0 Å². The maximum Gasteiger partial charge on any atom is 0.332 e. The first-order valence-electron chi connectivity index (χ1n) is 3.72. The lowest BCUT2D eigenvalue weighted by Crippen LogP contribution is -2.06. The van der Waals surface area contributed by atoms with E-state index in [1.807, 2.05) is 0 Å².